The predicted octanol–water partition coefficient (Wildman–Crippen LogP) is 4.07. The number of hydrogen-bond acceptors (Lipinski definition) is 3. The minimum Gasteiger partial charge on any atom is -0.330 e. The van der Waals surface area contributed by atoms with Crippen LogP contribution in [0.4, 0.5) is 0 Å². The van der Waals surface area contributed by atoms with Crippen LogP contribution in [0.15, 0.2) is 34.1 Å². The number of rotatable bonds is 6. The lowest BCUT2D eigenvalue weighted by Crippen LogP contribution is -2.07. The summed E-state index contributed by atoms with van der Waals surface area (Å²) in [6, 6.07) is 9.06. The van der Waals surface area contributed by atoms with E-state index in [0.29, 0.717) is 13.1 Å². The van der Waals surface area contributed by atoms with Gasteiger partial charge in [-0.15, -0.1) is 0 Å². The Bertz CT molecular complexity index is 633. The fourth-order valence-corrected chi connectivity index (χ4v) is 4.65. The molecule has 0 spiro atoms. The van der Waals surface area contributed by atoms with Crippen LogP contribution in [0, 0.1) is 27.7 Å². The van der Waals surface area contributed by atoms with Gasteiger partial charge in [-0.3, -0.25) is 0 Å². The standard InChI is InChI=1S/C20H28N2S/c1-13-9-15(3)17(5-7-21)19(11-13)23-20-12-14(2)10-16(4)18(20)6-8-22/h9-12H,5-8,21-22H2,1-4H3. The summed E-state index contributed by atoms with van der Waals surface area (Å²) < 4.78 is 0. The summed E-state index contributed by atoms with van der Waals surface area (Å²) in [6.45, 7) is 10.0. The Kier molecular flexibility index (Phi) is 6.28. The van der Waals surface area contributed by atoms with Crippen LogP contribution in [0.25, 0.3) is 0 Å². The Hall–Kier alpha value is -1.29. The quantitative estimate of drug-likeness (QED) is 0.840. The summed E-state index contributed by atoms with van der Waals surface area (Å²) >= 11 is 1.87. The molecule has 4 N–H and O–H groups in total. The van der Waals surface area contributed by atoms with Gasteiger partial charge in [0.25, 0.3) is 0 Å². The molecule has 2 aromatic rings. The molecule has 0 unspecified atom stereocenters. The molecule has 0 amide bonds. The molecule has 0 aromatic heterocycles. The van der Waals surface area contributed by atoms with Crippen LogP contribution in [0.2, 0.25) is 0 Å². The Morgan fingerprint density at radius 3 is 1.43 bits per heavy atom. The highest BCUT2D eigenvalue weighted by Gasteiger charge is 2.13. The lowest BCUT2D eigenvalue weighted by Gasteiger charge is -2.17. The molecule has 3 heteroatoms. The van der Waals surface area contributed by atoms with E-state index in [0.717, 1.165) is 12.8 Å². The van der Waals surface area contributed by atoms with Gasteiger partial charge in [-0.05, 0) is 99.1 Å². The van der Waals surface area contributed by atoms with Crippen molar-refractivity contribution in [1.82, 2.24) is 0 Å². The van der Waals surface area contributed by atoms with Crippen molar-refractivity contribution in [2.75, 3.05) is 13.1 Å². The van der Waals surface area contributed by atoms with Gasteiger partial charge >= 0.3 is 0 Å². The van der Waals surface area contributed by atoms with Gasteiger partial charge in [0.1, 0.15) is 0 Å². The minimum absolute atomic E-state index is 0.681. The maximum atomic E-state index is 5.83. The molecular weight excluding hydrogens is 300 g/mol. The second-order valence-corrected chi connectivity index (χ2v) is 7.38. The van der Waals surface area contributed by atoms with Crippen LogP contribution in [0.1, 0.15) is 33.4 Å². The van der Waals surface area contributed by atoms with Crippen LogP contribution in [-0.4, -0.2) is 13.1 Å². The molecule has 23 heavy (non-hydrogen) atoms. The minimum atomic E-state index is 0.681. The molecule has 0 aliphatic rings. The van der Waals surface area contributed by atoms with Crippen molar-refractivity contribution in [2.24, 2.45) is 11.5 Å². The van der Waals surface area contributed by atoms with E-state index in [2.05, 4.69) is 52.0 Å². The van der Waals surface area contributed by atoms with Crippen LogP contribution >= 0.6 is 11.8 Å². The molecule has 0 bridgehead atoms. The normalized spacial score (nSPS) is 11.0. The molecule has 0 radical (unpaired) electrons. The third kappa shape index (κ3) is 4.37. The highest BCUT2D eigenvalue weighted by atomic mass is 32.2. The zero-order chi connectivity index (χ0) is 17.0. The SMILES string of the molecule is Cc1cc(C)c(CCN)c(Sc2cc(C)cc(C)c2CCN)c1. The van der Waals surface area contributed by atoms with Crippen molar-refractivity contribution in [3.05, 3.63) is 57.6 Å². The van der Waals surface area contributed by atoms with E-state index < -0.39 is 0 Å². The third-order valence-corrected chi connectivity index (χ3v) is 5.33. The first-order valence-electron chi connectivity index (χ1n) is 8.24. The lowest BCUT2D eigenvalue weighted by atomic mass is 10.0. The molecule has 124 valence electrons. The molecule has 0 saturated heterocycles. The average molecular weight is 329 g/mol. The monoisotopic (exact) mass is 328 g/mol. The second kappa shape index (κ2) is 8.00. The maximum absolute atomic E-state index is 5.83. The smallest absolute Gasteiger partial charge is 0.0160 e. The number of benzene rings is 2. The van der Waals surface area contributed by atoms with Crippen LogP contribution < -0.4 is 11.5 Å². The van der Waals surface area contributed by atoms with Gasteiger partial charge < -0.3 is 11.5 Å². The maximum Gasteiger partial charge on any atom is 0.0160 e. The molecule has 0 aliphatic carbocycles. The second-order valence-electron chi connectivity index (χ2n) is 6.30. The molecule has 2 rings (SSSR count). The summed E-state index contributed by atoms with van der Waals surface area (Å²) in [4.78, 5) is 2.66. The van der Waals surface area contributed by atoms with Crippen molar-refractivity contribution >= 4 is 11.8 Å². The first-order valence-corrected chi connectivity index (χ1v) is 9.06. The fraction of sp³-hybridized carbons (Fsp3) is 0.400. The summed E-state index contributed by atoms with van der Waals surface area (Å²) in [6.07, 6.45) is 1.84. The first kappa shape index (κ1) is 18.1. The Labute approximate surface area is 144 Å². The molecular formula is C20H28N2S. The van der Waals surface area contributed by atoms with Gasteiger partial charge in [-0.1, -0.05) is 23.9 Å². The summed E-state index contributed by atoms with van der Waals surface area (Å²) in [5.74, 6) is 0. The first-order chi connectivity index (χ1) is 11.0. The van der Waals surface area contributed by atoms with Gasteiger partial charge in [0.2, 0.25) is 0 Å². The van der Waals surface area contributed by atoms with Crippen LogP contribution in [0.3, 0.4) is 0 Å². The molecule has 0 aliphatic heterocycles. The zero-order valence-electron chi connectivity index (χ0n) is 14.7. The van der Waals surface area contributed by atoms with Crippen molar-refractivity contribution in [3.63, 3.8) is 0 Å². The lowest BCUT2D eigenvalue weighted by molar-refractivity contribution is 0.921. The van der Waals surface area contributed by atoms with Crippen LogP contribution in [0.5, 0.6) is 0 Å². The summed E-state index contributed by atoms with van der Waals surface area (Å²) in [7, 11) is 0. The number of hydrogen-bond donors (Lipinski definition) is 2. The van der Waals surface area contributed by atoms with E-state index in [-0.39, 0.29) is 0 Å². The molecule has 0 atom stereocenters. The number of aryl methyl sites for hydroxylation is 4. The van der Waals surface area contributed by atoms with E-state index in [4.69, 9.17) is 11.5 Å². The van der Waals surface area contributed by atoms with Crippen molar-refractivity contribution in [2.45, 2.75) is 50.3 Å². The van der Waals surface area contributed by atoms with E-state index in [1.54, 1.807) is 0 Å². The summed E-state index contributed by atoms with van der Waals surface area (Å²) in [5, 5.41) is 0. The van der Waals surface area contributed by atoms with Crippen molar-refractivity contribution in [3.8, 4) is 0 Å². The van der Waals surface area contributed by atoms with Gasteiger partial charge in [0.15, 0.2) is 0 Å². The van der Waals surface area contributed by atoms with E-state index in [1.165, 1.54) is 43.2 Å². The fourth-order valence-electron chi connectivity index (χ4n) is 3.15. The Morgan fingerprint density at radius 2 is 1.09 bits per heavy atom. The molecule has 0 heterocycles. The van der Waals surface area contributed by atoms with E-state index in [9.17, 15) is 0 Å². The van der Waals surface area contributed by atoms with Gasteiger partial charge in [-0.25, -0.2) is 0 Å². The Balaban J connectivity index is 2.50. The third-order valence-electron chi connectivity index (χ3n) is 4.16. The zero-order valence-corrected chi connectivity index (χ0v) is 15.5. The largest absolute Gasteiger partial charge is 0.330 e. The van der Waals surface area contributed by atoms with Crippen molar-refractivity contribution in [1.29, 1.82) is 0 Å². The average Bonchev–Trinajstić information content (AvgIpc) is 2.46. The predicted molar refractivity (Wildman–Crippen MR) is 101 cm³/mol. The van der Waals surface area contributed by atoms with E-state index >= 15 is 0 Å². The molecule has 2 aromatic carbocycles. The highest BCUT2D eigenvalue weighted by molar-refractivity contribution is 7.99. The van der Waals surface area contributed by atoms with Gasteiger partial charge in [0.05, 0.1) is 0 Å². The highest BCUT2D eigenvalue weighted by Crippen LogP contribution is 2.37. The molecule has 2 nitrogen and oxygen atoms in total. The van der Waals surface area contributed by atoms with Gasteiger partial charge in [-0.2, -0.15) is 0 Å². The van der Waals surface area contributed by atoms with Gasteiger partial charge in [0, 0.05) is 9.79 Å². The summed E-state index contributed by atoms with van der Waals surface area (Å²) in [5.41, 5.74) is 19.7. The van der Waals surface area contributed by atoms with E-state index in [1.807, 2.05) is 11.8 Å². The topological polar surface area (TPSA) is 52.0 Å². The van der Waals surface area contributed by atoms with Crippen LogP contribution in [-0.2, 0) is 12.8 Å². The number of nitrogens with two attached hydrogens (primary N) is 2. The molecule has 0 saturated carbocycles. The Morgan fingerprint density at radius 1 is 0.696 bits per heavy atom. The molecule has 0 fully saturated rings. The van der Waals surface area contributed by atoms with Crippen molar-refractivity contribution < 1.29 is 0 Å².